The molecule has 0 aromatic heterocycles. The third-order valence-electron chi connectivity index (χ3n) is 2.85. The fraction of sp³-hybridized carbons (Fsp3) is 0.500. The van der Waals surface area contributed by atoms with E-state index in [0.29, 0.717) is 13.2 Å². The lowest BCUT2D eigenvalue weighted by Crippen LogP contribution is -2.41. The van der Waals surface area contributed by atoms with E-state index in [9.17, 15) is 4.79 Å². The highest BCUT2D eigenvalue weighted by atomic mass is 16.5. The first kappa shape index (κ1) is 14.5. The lowest BCUT2D eigenvalue weighted by molar-refractivity contribution is -0.131. The number of aryl methyl sites for hydroxylation is 2. The minimum atomic E-state index is -0.463. The van der Waals surface area contributed by atoms with E-state index in [0.717, 1.165) is 16.9 Å². The van der Waals surface area contributed by atoms with Crippen molar-refractivity contribution in [3.8, 4) is 5.75 Å². The maximum absolute atomic E-state index is 11.6. The second-order valence-electron chi connectivity index (χ2n) is 4.62. The number of carbonyl (C=O) groups is 1. The molecule has 0 saturated heterocycles. The SMILES string of the molecule is Cc1cccc(C)c1OCCN(C)C(=O)C(C)N. The number of ether oxygens (including phenoxy) is 1. The Morgan fingerprint density at radius 3 is 2.44 bits per heavy atom. The number of nitrogens with zero attached hydrogens (tertiary/aromatic N) is 1. The van der Waals surface area contributed by atoms with E-state index in [4.69, 9.17) is 10.5 Å². The summed E-state index contributed by atoms with van der Waals surface area (Å²) in [5.41, 5.74) is 7.75. The molecule has 0 fully saturated rings. The lowest BCUT2D eigenvalue weighted by Gasteiger charge is -2.20. The molecule has 1 amide bonds. The molecule has 0 bridgehead atoms. The van der Waals surface area contributed by atoms with Crippen molar-refractivity contribution >= 4 is 5.91 Å². The van der Waals surface area contributed by atoms with Crippen LogP contribution in [0.4, 0.5) is 0 Å². The Balaban J connectivity index is 2.50. The predicted octanol–water partition coefficient (Wildman–Crippen LogP) is 1.49. The van der Waals surface area contributed by atoms with Gasteiger partial charge in [0.05, 0.1) is 12.6 Å². The molecule has 18 heavy (non-hydrogen) atoms. The number of amides is 1. The lowest BCUT2D eigenvalue weighted by atomic mass is 10.1. The van der Waals surface area contributed by atoms with Gasteiger partial charge >= 0.3 is 0 Å². The summed E-state index contributed by atoms with van der Waals surface area (Å²) in [7, 11) is 1.74. The summed E-state index contributed by atoms with van der Waals surface area (Å²) in [4.78, 5) is 13.2. The van der Waals surface area contributed by atoms with E-state index >= 15 is 0 Å². The molecule has 1 aromatic carbocycles. The van der Waals surface area contributed by atoms with Crippen LogP contribution in [0.15, 0.2) is 18.2 Å². The van der Waals surface area contributed by atoms with E-state index in [1.54, 1.807) is 18.9 Å². The number of nitrogens with two attached hydrogens (primary N) is 1. The average molecular weight is 250 g/mol. The maximum Gasteiger partial charge on any atom is 0.239 e. The van der Waals surface area contributed by atoms with Crippen LogP contribution in [0, 0.1) is 13.8 Å². The molecule has 0 spiro atoms. The summed E-state index contributed by atoms with van der Waals surface area (Å²) < 4.78 is 5.73. The van der Waals surface area contributed by atoms with Gasteiger partial charge in [0.25, 0.3) is 0 Å². The maximum atomic E-state index is 11.6. The van der Waals surface area contributed by atoms with Crippen LogP contribution in [0.3, 0.4) is 0 Å². The second kappa shape index (κ2) is 6.40. The van der Waals surface area contributed by atoms with Gasteiger partial charge < -0.3 is 15.4 Å². The van der Waals surface area contributed by atoms with E-state index < -0.39 is 6.04 Å². The fourth-order valence-corrected chi connectivity index (χ4v) is 1.77. The van der Waals surface area contributed by atoms with E-state index in [2.05, 4.69) is 0 Å². The normalized spacial score (nSPS) is 12.1. The average Bonchev–Trinajstić information content (AvgIpc) is 2.31. The monoisotopic (exact) mass is 250 g/mol. The smallest absolute Gasteiger partial charge is 0.239 e. The zero-order valence-corrected chi connectivity index (χ0v) is 11.6. The highest BCUT2D eigenvalue weighted by molar-refractivity contribution is 5.80. The largest absolute Gasteiger partial charge is 0.491 e. The van der Waals surface area contributed by atoms with Crippen molar-refractivity contribution in [1.29, 1.82) is 0 Å². The van der Waals surface area contributed by atoms with Gasteiger partial charge in [-0.3, -0.25) is 4.79 Å². The van der Waals surface area contributed by atoms with Crippen LogP contribution in [0.1, 0.15) is 18.1 Å². The van der Waals surface area contributed by atoms with Gasteiger partial charge in [0, 0.05) is 7.05 Å². The summed E-state index contributed by atoms with van der Waals surface area (Å²) in [5, 5.41) is 0. The molecule has 4 nitrogen and oxygen atoms in total. The van der Waals surface area contributed by atoms with Gasteiger partial charge in [0.15, 0.2) is 0 Å². The third kappa shape index (κ3) is 3.74. The summed E-state index contributed by atoms with van der Waals surface area (Å²) in [5.74, 6) is 0.833. The molecule has 1 atom stereocenters. The van der Waals surface area contributed by atoms with Gasteiger partial charge in [0.2, 0.25) is 5.91 Å². The molecule has 1 unspecified atom stereocenters. The number of hydrogen-bond acceptors (Lipinski definition) is 3. The summed E-state index contributed by atoms with van der Waals surface area (Å²) in [6, 6.07) is 5.57. The Bertz CT molecular complexity index is 396. The molecular weight excluding hydrogens is 228 g/mol. The van der Waals surface area contributed by atoms with Gasteiger partial charge in [-0.05, 0) is 31.9 Å². The number of rotatable bonds is 5. The minimum Gasteiger partial charge on any atom is -0.491 e. The molecule has 0 aliphatic heterocycles. The molecule has 100 valence electrons. The van der Waals surface area contributed by atoms with Crippen molar-refractivity contribution in [2.75, 3.05) is 20.2 Å². The Labute approximate surface area is 109 Å². The van der Waals surface area contributed by atoms with Crippen LogP contribution in [-0.2, 0) is 4.79 Å². The minimum absolute atomic E-state index is 0.0693. The van der Waals surface area contributed by atoms with Crippen LogP contribution < -0.4 is 10.5 Å². The van der Waals surface area contributed by atoms with Crippen LogP contribution in [0.5, 0.6) is 5.75 Å². The van der Waals surface area contributed by atoms with E-state index in [1.165, 1.54) is 0 Å². The number of hydrogen-bond donors (Lipinski definition) is 1. The highest BCUT2D eigenvalue weighted by Crippen LogP contribution is 2.21. The molecule has 2 N–H and O–H groups in total. The fourth-order valence-electron chi connectivity index (χ4n) is 1.77. The summed E-state index contributed by atoms with van der Waals surface area (Å²) in [6.45, 7) is 6.72. The highest BCUT2D eigenvalue weighted by Gasteiger charge is 2.13. The first-order chi connectivity index (χ1) is 8.43. The zero-order valence-electron chi connectivity index (χ0n) is 11.6. The molecule has 4 heteroatoms. The Hall–Kier alpha value is -1.55. The van der Waals surface area contributed by atoms with Crippen molar-refractivity contribution < 1.29 is 9.53 Å². The number of para-hydroxylation sites is 1. The standard InChI is InChI=1S/C14H22N2O2/c1-10-6-5-7-11(2)13(10)18-9-8-16(4)14(17)12(3)15/h5-7,12H,8-9,15H2,1-4H3. The second-order valence-corrected chi connectivity index (χ2v) is 4.62. The number of likely N-dealkylation sites (N-methyl/N-ethyl adjacent to an activating group) is 1. The molecule has 0 heterocycles. The molecule has 0 aliphatic carbocycles. The molecule has 0 saturated carbocycles. The third-order valence-corrected chi connectivity index (χ3v) is 2.85. The summed E-state index contributed by atoms with van der Waals surface area (Å²) in [6.07, 6.45) is 0. The first-order valence-electron chi connectivity index (χ1n) is 6.13. The molecule has 1 aromatic rings. The molecule has 0 aliphatic rings. The van der Waals surface area contributed by atoms with Crippen molar-refractivity contribution in [2.45, 2.75) is 26.8 Å². The van der Waals surface area contributed by atoms with Crippen LogP contribution >= 0.6 is 0 Å². The quantitative estimate of drug-likeness (QED) is 0.861. The van der Waals surface area contributed by atoms with E-state index in [-0.39, 0.29) is 5.91 Å². The van der Waals surface area contributed by atoms with Gasteiger partial charge in [-0.15, -0.1) is 0 Å². The molecular formula is C14H22N2O2. The number of carbonyl (C=O) groups excluding carboxylic acids is 1. The molecule has 0 radical (unpaired) electrons. The van der Waals surface area contributed by atoms with Crippen molar-refractivity contribution in [3.63, 3.8) is 0 Å². The topological polar surface area (TPSA) is 55.6 Å². The molecule has 1 rings (SSSR count). The van der Waals surface area contributed by atoms with Gasteiger partial charge in [-0.25, -0.2) is 0 Å². The van der Waals surface area contributed by atoms with Crippen molar-refractivity contribution in [2.24, 2.45) is 5.73 Å². The Kier molecular flexibility index (Phi) is 5.16. The van der Waals surface area contributed by atoms with Gasteiger partial charge in [-0.1, -0.05) is 18.2 Å². The van der Waals surface area contributed by atoms with Crippen molar-refractivity contribution in [1.82, 2.24) is 4.90 Å². The van der Waals surface area contributed by atoms with Crippen LogP contribution in [0.25, 0.3) is 0 Å². The van der Waals surface area contributed by atoms with Crippen LogP contribution in [0.2, 0.25) is 0 Å². The summed E-state index contributed by atoms with van der Waals surface area (Å²) >= 11 is 0. The predicted molar refractivity (Wildman–Crippen MR) is 72.7 cm³/mol. The zero-order chi connectivity index (χ0) is 13.7. The van der Waals surface area contributed by atoms with E-state index in [1.807, 2.05) is 32.0 Å². The van der Waals surface area contributed by atoms with Crippen LogP contribution in [-0.4, -0.2) is 37.0 Å². The Morgan fingerprint density at radius 2 is 1.94 bits per heavy atom. The first-order valence-corrected chi connectivity index (χ1v) is 6.13. The number of benzene rings is 1. The van der Waals surface area contributed by atoms with Crippen molar-refractivity contribution in [3.05, 3.63) is 29.3 Å². The Morgan fingerprint density at radius 1 is 1.39 bits per heavy atom. The van der Waals surface area contributed by atoms with Gasteiger partial charge in [0.1, 0.15) is 12.4 Å². The van der Waals surface area contributed by atoms with Gasteiger partial charge in [-0.2, -0.15) is 0 Å².